The highest BCUT2D eigenvalue weighted by atomic mass is 16.5. The number of hydrogen-bond acceptors (Lipinski definition) is 2. The Balaban J connectivity index is 1.45. The fourth-order valence-corrected chi connectivity index (χ4v) is 2.39. The lowest BCUT2D eigenvalue weighted by Crippen LogP contribution is -2.12. The summed E-state index contributed by atoms with van der Waals surface area (Å²) in [6.07, 6.45) is 0. The first kappa shape index (κ1) is 15.3. The minimum Gasteiger partial charge on any atom is -0.489 e. The van der Waals surface area contributed by atoms with Crippen LogP contribution in [0.4, 0.5) is 0 Å². The van der Waals surface area contributed by atoms with Gasteiger partial charge in [0.2, 0.25) is 0 Å². The molecule has 0 unspecified atom stereocenters. The van der Waals surface area contributed by atoms with E-state index in [-0.39, 0.29) is 0 Å². The van der Waals surface area contributed by atoms with Crippen LogP contribution in [0.1, 0.15) is 16.7 Å². The summed E-state index contributed by atoms with van der Waals surface area (Å²) >= 11 is 0. The molecule has 0 amide bonds. The highest BCUT2D eigenvalue weighted by Gasteiger charge is 1.98. The van der Waals surface area contributed by atoms with Crippen LogP contribution in [0.25, 0.3) is 0 Å². The summed E-state index contributed by atoms with van der Waals surface area (Å²) in [7, 11) is 0. The number of nitrogens with one attached hydrogen (secondary N) is 1. The summed E-state index contributed by atoms with van der Waals surface area (Å²) < 4.78 is 5.80. The zero-order chi connectivity index (χ0) is 15.7. The minimum atomic E-state index is 0.604. The third-order valence-electron chi connectivity index (χ3n) is 3.67. The first-order valence-corrected chi connectivity index (χ1v) is 7.90. The molecule has 0 aliphatic heterocycles. The van der Waals surface area contributed by atoms with Crippen LogP contribution in [-0.4, -0.2) is 0 Å². The Bertz CT molecular complexity index is 693. The Labute approximate surface area is 137 Å². The van der Waals surface area contributed by atoms with Gasteiger partial charge in [0.05, 0.1) is 0 Å². The highest BCUT2D eigenvalue weighted by Crippen LogP contribution is 2.14. The molecule has 2 heteroatoms. The Morgan fingerprint density at radius 1 is 0.565 bits per heavy atom. The van der Waals surface area contributed by atoms with Gasteiger partial charge in [-0.15, -0.1) is 0 Å². The van der Waals surface area contributed by atoms with Crippen LogP contribution < -0.4 is 10.1 Å². The standard InChI is InChI=1S/C21H21NO/c1-3-7-18(8-4-1)15-22-16-19-11-13-21(14-12-19)23-17-20-9-5-2-6-10-20/h1-14,22H,15-17H2. The molecule has 0 fully saturated rings. The van der Waals surface area contributed by atoms with Gasteiger partial charge in [-0.1, -0.05) is 72.8 Å². The van der Waals surface area contributed by atoms with Crippen LogP contribution in [0.3, 0.4) is 0 Å². The maximum Gasteiger partial charge on any atom is 0.119 e. The van der Waals surface area contributed by atoms with Gasteiger partial charge in [0.1, 0.15) is 12.4 Å². The van der Waals surface area contributed by atoms with Gasteiger partial charge in [-0.25, -0.2) is 0 Å². The van der Waals surface area contributed by atoms with E-state index in [1.54, 1.807) is 0 Å². The summed E-state index contributed by atoms with van der Waals surface area (Å²) in [6, 6.07) is 28.9. The summed E-state index contributed by atoms with van der Waals surface area (Å²) in [5, 5.41) is 3.45. The van der Waals surface area contributed by atoms with Crippen molar-refractivity contribution in [3.63, 3.8) is 0 Å². The van der Waals surface area contributed by atoms with Gasteiger partial charge in [-0.3, -0.25) is 0 Å². The van der Waals surface area contributed by atoms with Crippen LogP contribution in [0.5, 0.6) is 5.75 Å². The van der Waals surface area contributed by atoms with Gasteiger partial charge in [-0.2, -0.15) is 0 Å². The van der Waals surface area contributed by atoms with Crippen molar-refractivity contribution in [3.05, 3.63) is 102 Å². The van der Waals surface area contributed by atoms with E-state index in [1.165, 1.54) is 16.7 Å². The van der Waals surface area contributed by atoms with Crippen molar-refractivity contribution in [2.45, 2.75) is 19.7 Å². The van der Waals surface area contributed by atoms with Crippen LogP contribution in [0, 0.1) is 0 Å². The fourth-order valence-electron chi connectivity index (χ4n) is 2.39. The van der Waals surface area contributed by atoms with Crippen molar-refractivity contribution in [3.8, 4) is 5.75 Å². The zero-order valence-electron chi connectivity index (χ0n) is 13.1. The van der Waals surface area contributed by atoms with Crippen molar-refractivity contribution in [1.82, 2.24) is 5.32 Å². The molecule has 0 radical (unpaired) electrons. The Kier molecular flexibility index (Phi) is 5.43. The van der Waals surface area contributed by atoms with E-state index in [0.717, 1.165) is 18.8 Å². The Morgan fingerprint density at radius 3 is 1.70 bits per heavy atom. The second-order valence-electron chi connectivity index (χ2n) is 5.51. The predicted molar refractivity (Wildman–Crippen MR) is 94.2 cm³/mol. The van der Waals surface area contributed by atoms with Gasteiger partial charge in [0.25, 0.3) is 0 Å². The number of benzene rings is 3. The highest BCUT2D eigenvalue weighted by molar-refractivity contribution is 5.28. The van der Waals surface area contributed by atoms with E-state index < -0.39 is 0 Å². The van der Waals surface area contributed by atoms with Gasteiger partial charge in [0, 0.05) is 13.1 Å². The summed E-state index contributed by atoms with van der Waals surface area (Å²) in [5.74, 6) is 0.903. The SMILES string of the molecule is c1ccc(CNCc2ccc(OCc3ccccc3)cc2)cc1. The third kappa shape index (κ3) is 4.97. The van der Waals surface area contributed by atoms with Gasteiger partial charge in [0.15, 0.2) is 0 Å². The third-order valence-corrected chi connectivity index (χ3v) is 3.67. The van der Waals surface area contributed by atoms with Crippen molar-refractivity contribution >= 4 is 0 Å². The Hall–Kier alpha value is -2.58. The average Bonchev–Trinajstić information content (AvgIpc) is 2.63. The largest absolute Gasteiger partial charge is 0.489 e. The molecule has 0 aliphatic carbocycles. The van der Waals surface area contributed by atoms with Gasteiger partial charge in [-0.05, 0) is 28.8 Å². The van der Waals surface area contributed by atoms with Gasteiger partial charge >= 0.3 is 0 Å². The summed E-state index contributed by atoms with van der Waals surface area (Å²) in [5.41, 5.74) is 3.74. The van der Waals surface area contributed by atoms with Crippen molar-refractivity contribution in [1.29, 1.82) is 0 Å². The quantitative estimate of drug-likeness (QED) is 0.691. The first-order chi connectivity index (χ1) is 11.4. The lowest BCUT2D eigenvalue weighted by atomic mass is 10.2. The van der Waals surface area contributed by atoms with E-state index >= 15 is 0 Å². The molecule has 0 aromatic heterocycles. The predicted octanol–water partition coefficient (Wildman–Crippen LogP) is 4.56. The summed E-state index contributed by atoms with van der Waals surface area (Å²) in [4.78, 5) is 0. The van der Waals surface area contributed by atoms with Crippen LogP contribution in [0.15, 0.2) is 84.9 Å². The molecule has 1 N–H and O–H groups in total. The molecule has 3 rings (SSSR count). The fraction of sp³-hybridized carbons (Fsp3) is 0.143. The topological polar surface area (TPSA) is 21.3 Å². The Morgan fingerprint density at radius 2 is 1.09 bits per heavy atom. The molecule has 116 valence electrons. The van der Waals surface area contributed by atoms with Crippen molar-refractivity contribution in [2.24, 2.45) is 0 Å². The monoisotopic (exact) mass is 303 g/mol. The number of rotatable bonds is 7. The van der Waals surface area contributed by atoms with E-state index in [9.17, 15) is 0 Å². The maximum absolute atomic E-state index is 5.80. The molecule has 3 aromatic carbocycles. The molecule has 0 spiro atoms. The van der Waals surface area contributed by atoms with E-state index in [1.807, 2.05) is 36.4 Å². The molecule has 23 heavy (non-hydrogen) atoms. The molecule has 0 bridgehead atoms. The van der Waals surface area contributed by atoms with E-state index in [2.05, 4.69) is 53.8 Å². The molecule has 0 saturated carbocycles. The molecule has 0 aliphatic rings. The minimum absolute atomic E-state index is 0.604. The lowest BCUT2D eigenvalue weighted by Gasteiger charge is -2.08. The smallest absolute Gasteiger partial charge is 0.119 e. The zero-order valence-corrected chi connectivity index (χ0v) is 13.1. The first-order valence-electron chi connectivity index (χ1n) is 7.90. The lowest BCUT2D eigenvalue weighted by molar-refractivity contribution is 0.306. The molecule has 0 saturated heterocycles. The summed E-state index contributed by atoms with van der Waals surface area (Å²) in [6.45, 7) is 2.34. The second kappa shape index (κ2) is 8.16. The maximum atomic E-state index is 5.80. The number of hydrogen-bond donors (Lipinski definition) is 1. The molecule has 2 nitrogen and oxygen atoms in total. The molecule has 0 atom stereocenters. The normalized spacial score (nSPS) is 10.4. The molecular weight excluding hydrogens is 282 g/mol. The average molecular weight is 303 g/mol. The molecule has 0 heterocycles. The number of ether oxygens (including phenoxy) is 1. The van der Waals surface area contributed by atoms with Crippen LogP contribution >= 0.6 is 0 Å². The van der Waals surface area contributed by atoms with Crippen LogP contribution in [-0.2, 0) is 19.7 Å². The van der Waals surface area contributed by atoms with E-state index in [0.29, 0.717) is 6.61 Å². The van der Waals surface area contributed by atoms with Crippen LogP contribution in [0.2, 0.25) is 0 Å². The van der Waals surface area contributed by atoms with E-state index in [4.69, 9.17) is 4.74 Å². The molecule has 3 aromatic rings. The van der Waals surface area contributed by atoms with Crippen molar-refractivity contribution in [2.75, 3.05) is 0 Å². The van der Waals surface area contributed by atoms with Gasteiger partial charge < -0.3 is 10.1 Å². The molecular formula is C21H21NO. The second-order valence-corrected chi connectivity index (χ2v) is 5.51. The van der Waals surface area contributed by atoms with Crippen molar-refractivity contribution < 1.29 is 4.74 Å².